The minimum Gasteiger partial charge on any atom is -0.394 e. The van der Waals surface area contributed by atoms with E-state index in [1.807, 2.05) is 0 Å². The topological polar surface area (TPSA) is 95.8 Å². The molecule has 314 valence electrons. The van der Waals surface area contributed by atoms with Crippen LogP contribution in [-0.2, 0) is 28.4 Å². The number of unbranched alkanes of at least 4 members (excludes halogenated alkanes) is 22. The predicted molar refractivity (Wildman–Crippen MR) is 218 cm³/mol. The van der Waals surface area contributed by atoms with Crippen molar-refractivity contribution in [1.29, 1.82) is 0 Å². The lowest BCUT2D eigenvalue weighted by molar-refractivity contribution is -0.0581. The second-order valence-corrected chi connectivity index (χ2v) is 14.8. The molecular weight excluding hydrogens is 656 g/mol. The molecule has 0 radical (unpaired) electrons. The molecule has 0 aromatic rings. The van der Waals surface area contributed by atoms with Crippen molar-refractivity contribution >= 4 is 0 Å². The molecule has 2 unspecified atom stereocenters. The summed E-state index contributed by atoms with van der Waals surface area (Å²) in [5.74, 6) is 0.348. The van der Waals surface area contributed by atoms with Crippen LogP contribution in [0, 0.1) is 5.92 Å². The average molecular weight is 747 g/mol. The maximum absolute atomic E-state index is 10.3. The zero-order chi connectivity index (χ0) is 37.7. The molecule has 2 atom stereocenters. The fourth-order valence-corrected chi connectivity index (χ4v) is 6.78. The molecule has 0 aromatic heterocycles. The molecule has 0 aliphatic heterocycles. The lowest BCUT2D eigenvalue weighted by atomic mass is 9.90. The van der Waals surface area contributed by atoms with Crippen molar-refractivity contribution in [3.05, 3.63) is 0 Å². The number of aliphatic hydroxyl groups excluding tert-OH is 2. The van der Waals surface area contributed by atoms with Crippen LogP contribution in [0.5, 0.6) is 0 Å². The van der Waals surface area contributed by atoms with Crippen molar-refractivity contribution in [1.82, 2.24) is 0 Å². The lowest BCUT2D eigenvalue weighted by Crippen LogP contribution is -2.30. The molecule has 0 aliphatic carbocycles. The highest BCUT2D eigenvalue weighted by atomic mass is 16.6. The third kappa shape index (κ3) is 40.9. The normalized spacial score (nSPS) is 12.9. The van der Waals surface area contributed by atoms with Gasteiger partial charge < -0.3 is 38.6 Å². The maximum Gasteiger partial charge on any atom is 0.0834 e. The Kier molecular flexibility index (Phi) is 46.5. The third-order valence-electron chi connectivity index (χ3n) is 10.1. The van der Waals surface area contributed by atoms with E-state index < -0.39 is 0 Å². The van der Waals surface area contributed by atoms with E-state index in [2.05, 4.69) is 13.8 Å². The second kappa shape index (κ2) is 46.8. The molecule has 0 fully saturated rings. The largest absolute Gasteiger partial charge is 0.394 e. The van der Waals surface area contributed by atoms with E-state index in [1.54, 1.807) is 0 Å². The zero-order valence-electron chi connectivity index (χ0n) is 34.8. The van der Waals surface area contributed by atoms with Gasteiger partial charge in [0.05, 0.1) is 78.8 Å². The van der Waals surface area contributed by atoms with Gasteiger partial charge in [0.15, 0.2) is 0 Å². The summed E-state index contributed by atoms with van der Waals surface area (Å²) in [4.78, 5) is 0. The first-order chi connectivity index (χ1) is 25.8. The molecule has 8 nitrogen and oxygen atoms in total. The van der Waals surface area contributed by atoms with Gasteiger partial charge in [0.2, 0.25) is 0 Å². The maximum atomic E-state index is 10.3. The van der Waals surface area contributed by atoms with Crippen molar-refractivity contribution in [3.8, 4) is 0 Å². The smallest absolute Gasteiger partial charge is 0.0834 e. The van der Waals surface area contributed by atoms with Crippen molar-refractivity contribution in [2.75, 3.05) is 85.9 Å². The standard InChI is InChI=1S/C44H90O8/c1-3-5-7-9-11-13-15-16-17-18-20-22-24-26-31-47-32-27-29-43(28-25-23-21-19-14-12-10-8-6-4-2)44(42-46)52-41-40-51-39-38-50-37-36-49-35-34-48-33-30-45/h43-46H,3-42H2,1-2H3. The number of rotatable bonds is 47. The van der Waals surface area contributed by atoms with Crippen LogP contribution < -0.4 is 0 Å². The highest BCUT2D eigenvalue weighted by Gasteiger charge is 2.21. The van der Waals surface area contributed by atoms with Gasteiger partial charge in [-0.05, 0) is 31.6 Å². The van der Waals surface area contributed by atoms with E-state index in [-0.39, 0.29) is 19.3 Å². The summed E-state index contributed by atoms with van der Waals surface area (Å²) in [6.07, 6.45) is 35.7. The van der Waals surface area contributed by atoms with Gasteiger partial charge in [-0.15, -0.1) is 0 Å². The number of hydrogen-bond donors (Lipinski definition) is 2. The zero-order valence-corrected chi connectivity index (χ0v) is 34.8. The minimum absolute atomic E-state index is 0.0316. The third-order valence-corrected chi connectivity index (χ3v) is 10.1. The molecule has 8 heteroatoms. The van der Waals surface area contributed by atoms with Gasteiger partial charge in [0, 0.05) is 13.2 Å². The highest BCUT2D eigenvalue weighted by molar-refractivity contribution is 4.71. The lowest BCUT2D eigenvalue weighted by Gasteiger charge is -2.26. The minimum atomic E-state index is -0.150. The van der Waals surface area contributed by atoms with E-state index in [9.17, 15) is 5.11 Å². The van der Waals surface area contributed by atoms with Crippen LogP contribution in [0.15, 0.2) is 0 Å². The Morgan fingerprint density at radius 2 is 0.654 bits per heavy atom. The highest BCUT2D eigenvalue weighted by Crippen LogP contribution is 2.23. The first kappa shape index (κ1) is 51.7. The second-order valence-electron chi connectivity index (χ2n) is 14.8. The van der Waals surface area contributed by atoms with Crippen LogP contribution in [0.3, 0.4) is 0 Å². The van der Waals surface area contributed by atoms with Crippen LogP contribution in [-0.4, -0.2) is 102 Å². The van der Waals surface area contributed by atoms with Crippen molar-refractivity contribution < 1.29 is 38.6 Å². The van der Waals surface area contributed by atoms with Crippen LogP contribution in [0.4, 0.5) is 0 Å². The van der Waals surface area contributed by atoms with Crippen molar-refractivity contribution in [2.45, 2.75) is 193 Å². The molecule has 0 amide bonds. The number of hydrogen-bond acceptors (Lipinski definition) is 8. The molecule has 0 aromatic carbocycles. The fourth-order valence-electron chi connectivity index (χ4n) is 6.78. The van der Waals surface area contributed by atoms with Crippen LogP contribution >= 0.6 is 0 Å². The summed E-state index contributed by atoms with van der Waals surface area (Å²) in [5, 5.41) is 19.0. The Morgan fingerprint density at radius 3 is 1.08 bits per heavy atom. The Bertz CT molecular complexity index is 625. The Labute approximate surface area is 323 Å². The predicted octanol–water partition coefficient (Wildman–Crippen LogP) is 10.6. The number of aliphatic hydroxyl groups is 2. The van der Waals surface area contributed by atoms with Crippen molar-refractivity contribution in [2.24, 2.45) is 5.92 Å². The molecule has 0 aliphatic rings. The van der Waals surface area contributed by atoms with E-state index in [0.29, 0.717) is 65.4 Å². The molecule has 52 heavy (non-hydrogen) atoms. The van der Waals surface area contributed by atoms with E-state index in [1.165, 1.54) is 154 Å². The van der Waals surface area contributed by atoms with E-state index in [0.717, 1.165) is 32.5 Å². The molecule has 0 rings (SSSR count). The molecule has 0 saturated carbocycles. The van der Waals surface area contributed by atoms with Gasteiger partial charge in [-0.25, -0.2) is 0 Å². The Balaban J connectivity index is 4.11. The van der Waals surface area contributed by atoms with E-state index >= 15 is 0 Å². The van der Waals surface area contributed by atoms with Crippen LogP contribution in [0.25, 0.3) is 0 Å². The molecular formula is C44H90O8. The fraction of sp³-hybridized carbons (Fsp3) is 1.00. The quantitative estimate of drug-likeness (QED) is 0.0594. The molecule has 2 N–H and O–H groups in total. The van der Waals surface area contributed by atoms with Crippen LogP contribution in [0.2, 0.25) is 0 Å². The first-order valence-corrected chi connectivity index (χ1v) is 22.5. The van der Waals surface area contributed by atoms with Gasteiger partial charge in [-0.2, -0.15) is 0 Å². The Morgan fingerprint density at radius 1 is 0.327 bits per heavy atom. The first-order valence-electron chi connectivity index (χ1n) is 22.5. The van der Waals surface area contributed by atoms with Gasteiger partial charge >= 0.3 is 0 Å². The summed E-state index contributed by atoms with van der Waals surface area (Å²) < 4.78 is 34.1. The molecule has 0 spiro atoms. The van der Waals surface area contributed by atoms with Gasteiger partial charge in [-0.1, -0.05) is 162 Å². The van der Waals surface area contributed by atoms with Crippen LogP contribution in [0.1, 0.15) is 187 Å². The monoisotopic (exact) mass is 747 g/mol. The van der Waals surface area contributed by atoms with Crippen molar-refractivity contribution in [3.63, 3.8) is 0 Å². The summed E-state index contributed by atoms with van der Waals surface area (Å²) in [6, 6.07) is 0. The summed E-state index contributed by atoms with van der Waals surface area (Å²) in [5.41, 5.74) is 0. The van der Waals surface area contributed by atoms with Gasteiger partial charge in [-0.3, -0.25) is 0 Å². The number of ether oxygens (including phenoxy) is 6. The molecule has 0 bridgehead atoms. The summed E-state index contributed by atoms with van der Waals surface area (Å²) in [6.45, 7) is 10.6. The summed E-state index contributed by atoms with van der Waals surface area (Å²) in [7, 11) is 0. The molecule has 0 saturated heterocycles. The average Bonchev–Trinajstić information content (AvgIpc) is 3.16. The van der Waals surface area contributed by atoms with E-state index in [4.69, 9.17) is 33.5 Å². The van der Waals surface area contributed by atoms with Gasteiger partial charge in [0.1, 0.15) is 0 Å². The SMILES string of the molecule is CCCCCCCCCCCCCCCCOCCCC(CCCCCCCCCCCC)C(CO)OCCOCCOCCOCCOCCO. The molecule has 0 heterocycles. The summed E-state index contributed by atoms with van der Waals surface area (Å²) >= 11 is 0. The van der Waals surface area contributed by atoms with Gasteiger partial charge in [0.25, 0.3) is 0 Å². The Hall–Kier alpha value is -0.320.